The zero-order valence-corrected chi connectivity index (χ0v) is 12.4. The summed E-state index contributed by atoms with van der Waals surface area (Å²) < 4.78 is 11.0. The Kier molecular flexibility index (Phi) is 5.51. The molecule has 0 atom stereocenters. The Labute approximate surface area is 127 Å². The fourth-order valence-corrected chi connectivity index (χ4v) is 2.16. The summed E-state index contributed by atoms with van der Waals surface area (Å²) in [5, 5.41) is 9.04. The number of thioether (sulfide) groups is 1. The highest BCUT2D eigenvalue weighted by Gasteiger charge is 2.09. The molecule has 21 heavy (non-hydrogen) atoms. The smallest absolute Gasteiger partial charge is 0.339 e. The second kappa shape index (κ2) is 7.59. The molecular weight excluding hydrogens is 288 g/mol. The number of benzene rings is 2. The van der Waals surface area contributed by atoms with E-state index in [-0.39, 0.29) is 12.2 Å². The first-order chi connectivity index (χ1) is 10.2. The first-order valence-corrected chi connectivity index (χ1v) is 7.65. The number of para-hydroxylation sites is 1. The fraction of sp³-hybridized carbons (Fsp3) is 0.188. The number of carboxylic acids is 1. The summed E-state index contributed by atoms with van der Waals surface area (Å²) in [6, 6.07) is 14.3. The van der Waals surface area contributed by atoms with Crippen molar-refractivity contribution < 1.29 is 19.4 Å². The van der Waals surface area contributed by atoms with Crippen molar-refractivity contribution in [2.75, 3.05) is 19.5 Å². The number of carbonyl (C=O) groups is 1. The first kappa shape index (κ1) is 15.3. The van der Waals surface area contributed by atoms with E-state index in [1.165, 1.54) is 11.0 Å². The molecule has 2 rings (SSSR count). The van der Waals surface area contributed by atoms with Crippen LogP contribution in [-0.2, 0) is 0 Å². The quantitative estimate of drug-likeness (QED) is 0.626. The molecule has 0 fully saturated rings. The molecule has 0 aliphatic heterocycles. The molecule has 0 aliphatic carbocycles. The summed E-state index contributed by atoms with van der Waals surface area (Å²) in [5.41, 5.74) is 0.154. The first-order valence-electron chi connectivity index (χ1n) is 6.42. The molecule has 0 amide bonds. The van der Waals surface area contributed by atoms with Gasteiger partial charge in [-0.1, -0.05) is 12.1 Å². The molecule has 0 aliphatic rings. The van der Waals surface area contributed by atoms with Gasteiger partial charge >= 0.3 is 5.97 Å². The maximum absolute atomic E-state index is 11.0. The Morgan fingerprint density at radius 3 is 2.38 bits per heavy atom. The number of hydrogen-bond acceptors (Lipinski definition) is 4. The highest BCUT2D eigenvalue weighted by molar-refractivity contribution is 7.98. The van der Waals surface area contributed by atoms with Crippen LogP contribution in [-0.4, -0.2) is 30.5 Å². The van der Waals surface area contributed by atoms with E-state index in [9.17, 15) is 4.79 Å². The molecule has 0 saturated heterocycles. The third kappa shape index (κ3) is 4.43. The summed E-state index contributed by atoms with van der Waals surface area (Å²) >= 11 is 1.67. The van der Waals surface area contributed by atoms with Gasteiger partial charge in [-0.3, -0.25) is 0 Å². The Hall–Kier alpha value is -2.14. The standard InChI is InChI=1S/C16H16O4S/c1-21-13-8-6-12(7-9-13)19-10-11-20-15-5-3-2-4-14(15)16(17)18/h2-9H,10-11H2,1H3,(H,17,18). The van der Waals surface area contributed by atoms with Gasteiger partial charge in [-0.15, -0.1) is 11.8 Å². The van der Waals surface area contributed by atoms with Crippen LogP contribution in [0.4, 0.5) is 0 Å². The van der Waals surface area contributed by atoms with Gasteiger partial charge in [0.2, 0.25) is 0 Å². The van der Waals surface area contributed by atoms with Crippen LogP contribution in [0.25, 0.3) is 0 Å². The van der Waals surface area contributed by atoms with Crippen molar-refractivity contribution >= 4 is 17.7 Å². The van der Waals surface area contributed by atoms with E-state index in [1.807, 2.05) is 30.5 Å². The van der Waals surface area contributed by atoms with Crippen LogP contribution in [0.15, 0.2) is 53.4 Å². The molecule has 0 spiro atoms. The third-order valence-electron chi connectivity index (χ3n) is 2.79. The highest BCUT2D eigenvalue weighted by Crippen LogP contribution is 2.20. The molecule has 2 aromatic rings. The normalized spacial score (nSPS) is 10.1. The third-order valence-corrected chi connectivity index (χ3v) is 3.53. The number of hydrogen-bond donors (Lipinski definition) is 1. The van der Waals surface area contributed by atoms with E-state index in [1.54, 1.807) is 30.0 Å². The Bertz CT molecular complexity index is 595. The van der Waals surface area contributed by atoms with Gasteiger partial charge in [0, 0.05) is 4.90 Å². The maximum atomic E-state index is 11.0. The molecule has 0 heterocycles. The fourth-order valence-electron chi connectivity index (χ4n) is 1.75. The second-order valence-electron chi connectivity index (χ2n) is 4.17. The van der Waals surface area contributed by atoms with Crippen LogP contribution >= 0.6 is 11.8 Å². The monoisotopic (exact) mass is 304 g/mol. The highest BCUT2D eigenvalue weighted by atomic mass is 32.2. The van der Waals surface area contributed by atoms with Crippen molar-refractivity contribution in [2.24, 2.45) is 0 Å². The average molecular weight is 304 g/mol. The summed E-state index contributed by atoms with van der Waals surface area (Å²) in [6.45, 7) is 0.640. The molecule has 110 valence electrons. The van der Waals surface area contributed by atoms with Crippen LogP contribution in [0.5, 0.6) is 11.5 Å². The second-order valence-corrected chi connectivity index (χ2v) is 5.05. The Morgan fingerprint density at radius 1 is 1.05 bits per heavy atom. The van der Waals surface area contributed by atoms with Gasteiger partial charge in [0.25, 0.3) is 0 Å². The van der Waals surface area contributed by atoms with Gasteiger partial charge in [0.1, 0.15) is 30.3 Å². The molecule has 2 aromatic carbocycles. The summed E-state index contributed by atoms with van der Waals surface area (Å²) in [4.78, 5) is 12.2. The molecule has 1 N–H and O–H groups in total. The predicted octanol–water partition coefficient (Wildman–Crippen LogP) is 3.56. The summed E-state index contributed by atoms with van der Waals surface area (Å²) in [7, 11) is 0. The van der Waals surface area contributed by atoms with Crippen LogP contribution in [0.2, 0.25) is 0 Å². The van der Waals surface area contributed by atoms with Crippen molar-refractivity contribution in [1.82, 2.24) is 0 Å². The lowest BCUT2D eigenvalue weighted by Crippen LogP contribution is -2.11. The minimum absolute atomic E-state index is 0.154. The lowest BCUT2D eigenvalue weighted by molar-refractivity contribution is 0.0691. The van der Waals surface area contributed by atoms with Crippen molar-refractivity contribution in [3.8, 4) is 11.5 Å². The number of carboxylic acid groups (broad SMARTS) is 1. The largest absolute Gasteiger partial charge is 0.490 e. The lowest BCUT2D eigenvalue weighted by atomic mass is 10.2. The van der Waals surface area contributed by atoms with Crippen molar-refractivity contribution in [2.45, 2.75) is 4.90 Å². The molecule has 0 saturated carbocycles. The van der Waals surface area contributed by atoms with Crippen molar-refractivity contribution in [1.29, 1.82) is 0 Å². The van der Waals surface area contributed by atoms with Crippen LogP contribution < -0.4 is 9.47 Å². The number of ether oxygens (including phenoxy) is 2. The van der Waals surface area contributed by atoms with Gasteiger partial charge in [0.15, 0.2) is 0 Å². The summed E-state index contributed by atoms with van der Waals surface area (Å²) in [6.07, 6.45) is 2.02. The molecule has 5 heteroatoms. The van der Waals surface area contributed by atoms with E-state index < -0.39 is 5.97 Å². The van der Waals surface area contributed by atoms with E-state index in [2.05, 4.69) is 0 Å². The van der Waals surface area contributed by atoms with Crippen LogP contribution in [0.1, 0.15) is 10.4 Å². The van der Waals surface area contributed by atoms with Crippen LogP contribution in [0.3, 0.4) is 0 Å². The van der Waals surface area contributed by atoms with Crippen molar-refractivity contribution in [3.05, 3.63) is 54.1 Å². The molecular formula is C16H16O4S. The van der Waals surface area contributed by atoms with Gasteiger partial charge in [0.05, 0.1) is 0 Å². The van der Waals surface area contributed by atoms with E-state index in [0.29, 0.717) is 12.4 Å². The van der Waals surface area contributed by atoms with E-state index in [0.717, 1.165) is 5.75 Å². The predicted molar refractivity (Wildman–Crippen MR) is 82.6 cm³/mol. The number of rotatable bonds is 7. The zero-order chi connectivity index (χ0) is 15.1. The maximum Gasteiger partial charge on any atom is 0.339 e. The minimum atomic E-state index is -1.00. The molecule has 0 radical (unpaired) electrons. The SMILES string of the molecule is CSc1ccc(OCCOc2ccccc2C(=O)O)cc1. The lowest BCUT2D eigenvalue weighted by Gasteiger charge is -2.10. The van der Waals surface area contributed by atoms with Crippen molar-refractivity contribution in [3.63, 3.8) is 0 Å². The molecule has 0 unspecified atom stereocenters. The molecule has 4 nitrogen and oxygen atoms in total. The average Bonchev–Trinajstić information content (AvgIpc) is 2.52. The Morgan fingerprint density at radius 2 is 1.71 bits per heavy atom. The Balaban J connectivity index is 1.83. The van der Waals surface area contributed by atoms with Gasteiger partial charge in [-0.2, -0.15) is 0 Å². The van der Waals surface area contributed by atoms with Gasteiger partial charge in [-0.25, -0.2) is 4.79 Å². The topological polar surface area (TPSA) is 55.8 Å². The van der Waals surface area contributed by atoms with Gasteiger partial charge in [-0.05, 0) is 42.7 Å². The molecule has 0 aromatic heterocycles. The van der Waals surface area contributed by atoms with Gasteiger partial charge < -0.3 is 14.6 Å². The minimum Gasteiger partial charge on any atom is -0.490 e. The summed E-state index contributed by atoms with van der Waals surface area (Å²) in [5.74, 6) is 0.119. The van der Waals surface area contributed by atoms with Crippen LogP contribution in [0, 0.1) is 0 Å². The van der Waals surface area contributed by atoms with E-state index in [4.69, 9.17) is 14.6 Å². The molecule has 0 bridgehead atoms. The zero-order valence-electron chi connectivity index (χ0n) is 11.6. The number of aromatic carboxylic acids is 1. The van der Waals surface area contributed by atoms with E-state index >= 15 is 0 Å².